The summed E-state index contributed by atoms with van der Waals surface area (Å²) in [5, 5.41) is 9.43. The van der Waals surface area contributed by atoms with Crippen molar-refractivity contribution in [3.8, 4) is 0 Å². The number of anilines is 1. The summed E-state index contributed by atoms with van der Waals surface area (Å²) < 4.78 is 26.5. The molecule has 0 saturated carbocycles. The number of rotatable bonds is 2. The van der Waals surface area contributed by atoms with Crippen LogP contribution in [0.5, 0.6) is 0 Å². The number of amides is 1. The molecule has 1 amide bonds. The van der Waals surface area contributed by atoms with Gasteiger partial charge in [-0.25, -0.2) is 8.78 Å². The lowest BCUT2D eigenvalue weighted by molar-refractivity contribution is 0.102. The fourth-order valence-corrected chi connectivity index (χ4v) is 1.88. The van der Waals surface area contributed by atoms with Crippen molar-refractivity contribution < 1.29 is 13.6 Å². The van der Waals surface area contributed by atoms with E-state index in [1.54, 1.807) is 0 Å². The fourth-order valence-electron chi connectivity index (χ4n) is 1.28. The molecule has 4 nitrogen and oxygen atoms in total. The SMILES string of the molecule is O=C(Nc1c(F)cc(F)cc1Br)c1ccc(Cl)nn1. The van der Waals surface area contributed by atoms with E-state index in [0.29, 0.717) is 6.07 Å². The Morgan fingerprint density at radius 2 is 2.00 bits per heavy atom. The van der Waals surface area contributed by atoms with E-state index in [0.717, 1.165) is 6.07 Å². The zero-order chi connectivity index (χ0) is 14.0. The van der Waals surface area contributed by atoms with E-state index in [1.165, 1.54) is 12.1 Å². The molecule has 0 atom stereocenters. The van der Waals surface area contributed by atoms with E-state index < -0.39 is 17.5 Å². The van der Waals surface area contributed by atoms with Crippen LogP contribution in [0.2, 0.25) is 5.15 Å². The third-order valence-corrected chi connectivity index (χ3v) is 2.94. The van der Waals surface area contributed by atoms with Gasteiger partial charge in [0.25, 0.3) is 5.91 Å². The highest BCUT2D eigenvalue weighted by Crippen LogP contribution is 2.27. The number of halogens is 4. The summed E-state index contributed by atoms with van der Waals surface area (Å²) in [5.41, 5.74) is -0.219. The van der Waals surface area contributed by atoms with Crippen molar-refractivity contribution in [1.29, 1.82) is 0 Å². The third-order valence-electron chi connectivity index (χ3n) is 2.11. The molecule has 0 fully saturated rings. The largest absolute Gasteiger partial charge is 0.317 e. The summed E-state index contributed by atoms with van der Waals surface area (Å²) >= 11 is 8.49. The molecule has 8 heteroatoms. The van der Waals surface area contributed by atoms with Crippen molar-refractivity contribution in [2.75, 3.05) is 5.32 Å². The van der Waals surface area contributed by atoms with Crippen LogP contribution in [0.4, 0.5) is 14.5 Å². The van der Waals surface area contributed by atoms with Crippen LogP contribution in [0.1, 0.15) is 10.5 Å². The molecular weight excluding hydrogens is 343 g/mol. The first-order valence-corrected chi connectivity index (χ1v) is 6.09. The van der Waals surface area contributed by atoms with Crippen molar-refractivity contribution in [2.45, 2.75) is 0 Å². The Hall–Kier alpha value is -1.60. The second kappa shape index (κ2) is 5.58. The van der Waals surface area contributed by atoms with E-state index in [-0.39, 0.29) is 21.0 Å². The second-order valence-corrected chi connectivity index (χ2v) is 4.68. The molecule has 1 heterocycles. The highest BCUT2D eigenvalue weighted by molar-refractivity contribution is 9.10. The number of nitrogens with one attached hydrogen (secondary N) is 1. The number of carbonyl (C=O) groups is 1. The summed E-state index contributed by atoms with van der Waals surface area (Å²) in [6, 6.07) is 4.40. The maximum atomic E-state index is 13.5. The van der Waals surface area contributed by atoms with Crippen LogP contribution in [0.15, 0.2) is 28.7 Å². The van der Waals surface area contributed by atoms with E-state index in [2.05, 4.69) is 31.4 Å². The van der Waals surface area contributed by atoms with Gasteiger partial charge in [-0.1, -0.05) is 11.6 Å². The van der Waals surface area contributed by atoms with Crippen molar-refractivity contribution in [3.63, 3.8) is 0 Å². The van der Waals surface area contributed by atoms with Gasteiger partial charge >= 0.3 is 0 Å². The molecule has 2 aromatic rings. The summed E-state index contributed by atoms with van der Waals surface area (Å²) in [6.45, 7) is 0. The Morgan fingerprint density at radius 1 is 1.26 bits per heavy atom. The van der Waals surface area contributed by atoms with Crippen LogP contribution < -0.4 is 5.32 Å². The first-order valence-electron chi connectivity index (χ1n) is 4.92. The molecule has 0 bridgehead atoms. The van der Waals surface area contributed by atoms with Crippen LogP contribution in [-0.2, 0) is 0 Å². The van der Waals surface area contributed by atoms with Gasteiger partial charge in [-0.3, -0.25) is 4.79 Å². The molecule has 1 aromatic carbocycles. The van der Waals surface area contributed by atoms with Gasteiger partial charge in [0.1, 0.15) is 5.82 Å². The first kappa shape index (κ1) is 13.8. The summed E-state index contributed by atoms with van der Waals surface area (Å²) in [6.07, 6.45) is 0. The highest BCUT2D eigenvalue weighted by atomic mass is 79.9. The van der Waals surface area contributed by atoms with Crippen LogP contribution in [0.3, 0.4) is 0 Å². The Morgan fingerprint density at radius 3 is 2.58 bits per heavy atom. The lowest BCUT2D eigenvalue weighted by atomic mass is 10.2. The molecule has 0 unspecified atom stereocenters. The lowest BCUT2D eigenvalue weighted by Crippen LogP contribution is -2.15. The quantitative estimate of drug-likeness (QED) is 0.905. The van der Waals surface area contributed by atoms with E-state index >= 15 is 0 Å². The molecule has 0 aliphatic heterocycles. The van der Waals surface area contributed by atoms with Gasteiger partial charge in [0.15, 0.2) is 16.7 Å². The predicted octanol–water partition coefficient (Wildman–Crippen LogP) is 3.42. The lowest BCUT2D eigenvalue weighted by Gasteiger charge is -2.08. The number of hydrogen-bond acceptors (Lipinski definition) is 3. The van der Waals surface area contributed by atoms with Crippen LogP contribution in [0, 0.1) is 11.6 Å². The van der Waals surface area contributed by atoms with E-state index in [1.807, 2.05) is 0 Å². The summed E-state index contributed by atoms with van der Waals surface area (Å²) in [7, 11) is 0. The zero-order valence-corrected chi connectivity index (χ0v) is 11.5. The van der Waals surface area contributed by atoms with Crippen molar-refractivity contribution in [2.24, 2.45) is 0 Å². The highest BCUT2D eigenvalue weighted by Gasteiger charge is 2.15. The average Bonchev–Trinajstić information content (AvgIpc) is 2.34. The van der Waals surface area contributed by atoms with Gasteiger partial charge in [0.2, 0.25) is 0 Å². The number of benzene rings is 1. The molecule has 0 saturated heterocycles. The van der Waals surface area contributed by atoms with Crippen LogP contribution >= 0.6 is 27.5 Å². The second-order valence-electron chi connectivity index (χ2n) is 3.44. The molecule has 2 rings (SSSR count). The minimum Gasteiger partial charge on any atom is -0.317 e. The van der Waals surface area contributed by atoms with E-state index in [4.69, 9.17) is 11.6 Å². The van der Waals surface area contributed by atoms with Crippen LogP contribution in [0.25, 0.3) is 0 Å². The standard InChI is InChI=1S/C11H5BrClF2N3O/c12-6-3-5(14)4-7(15)10(6)16-11(19)8-1-2-9(13)18-17-8/h1-4H,(H,16,19). The normalized spacial score (nSPS) is 10.3. The average molecular weight is 349 g/mol. The minimum atomic E-state index is -0.901. The van der Waals surface area contributed by atoms with E-state index in [9.17, 15) is 13.6 Å². The number of hydrogen-bond donors (Lipinski definition) is 1. The van der Waals surface area contributed by atoms with Gasteiger partial charge in [-0.2, -0.15) is 0 Å². The first-order chi connectivity index (χ1) is 8.97. The molecular formula is C11H5BrClF2N3O. The summed E-state index contributed by atoms with van der Waals surface area (Å²) in [4.78, 5) is 11.8. The Labute approximate surface area is 119 Å². The summed E-state index contributed by atoms with van der Waals surface area (Å²) in [5.74, 6) is -2.34. The van der Waals surface area contributed by atoms with Gasteiger partial charge in [-0.15, -0.1) is 10.2 Å². The van der Waals surface area contributed by atoms with Gasteiger partial charge in [-0.05, 0) is 34.1 Å². The van der Waals surface area contributed by atoms with Gasteiger partial charge in [0.05, 0.1) is 5.69 Å². The Kier molecular flexibility index (Phi) is 4.06. The van der Waals surface area contributed by atoms with Crippen molar-refractivity contribution in [1.82, 2.24) is 10.2 Å². The molecule has 0 radical (unpaired) electrons. The maximum absolute atomic E-state index is 13.5. The van der Waals surface area contributed by atoms with Crippen molar-refractivity contribution >= 4 is 39.1 Å². The topological polar surface area (TPSA) is 54.9 Å². The molecule has 0 aliphatic rings. The van der Waals surface area contributed by atoms with Gasteiger partial charge < -0.3 is 5.32 Å². The maximum Gasteiger partial charge on any atom is 0.276 e. The predicted molar refractivity (Wildman–Crippen MR) is 69.1 cm³/mol. The molecule has 0 spiro atoms. The molecule has 98 valence electrons. The Balaban J connectivity index is 2.26. The molecule has 1 aromatic heterocycles. The molecule has 1 N–H and O–H groups in total. The smallest absolute Gasteiger partial charge is 0.276 e. The van der Waals surface area contributed by atoms with Crippen LogP contribution in [-0.4, -0.2) is 16.1 Å². The number of carbonyl (C=O) groups excluding carboxylic acids is 1. The molecule has 19 heavy (non-hydrogen) atoms. The minimum absolute atomic E-state index is 0.0416. The Bertz CT molecular complexity index is 613. The molecule has 0 aliphatic carbocycles. The fraction of sp³-hybridized carbons (Fsp3) is 0. The third kappa shape index (κ3) is 3.24. The number of aromatic nitrogens is 2. The van der Waals surface area contributed by atoms with Gasteiger partial charge in [0, 0.05) is 10.5 Å². The number of nitrogens with zero attached hydrogens (tertiary/aromatic N) is 2. The monoisotopic (exact) mass is 347 g/mol. The van der Waals surface area contributed by atoms with Crippen molar-refractivity contribution in [3.05, 3.63) is 51.2 Å². The zero-order valence-electron chi connectivity index (χ0n) is 9.12.